The molecule has 3 rings (SSSR count). The number of nitrogens with one attached hydrogen (secondary N) is 2. The molecule has 0 saturated carbocycles. The van der Waals surface area contributed by atoms with Gasteiger partial charge in [-0.3, -0.25) is 9.59 Å². The van der Waals surface area contributed by atoms with E-state index in [1.54, 1.807) is 31.2 Å². The fraction of sp³-hybridized carbons (Fsp3) is 0.125. The number of carbonyl (C=O) groups is 2. The minimum absolute atomic E-state index is 0.146. The molecule has 0 aliphatic heterocycles. The second-order valence-electron chi connectivity index (χ2n) is 6.87. The highest BCUT2D eigenvalue weighted by atomic mass is 35.5. The number of nitrogens with zero attached hydrogens (tertiary/aromatic N) is 1. The number of anilines is 1. The van der Waals surface area contributed by atoms with Gasteiger partial charge in [0.05, 0.1) is 16.3 Å². The van der Waals surface area contributed by atoms with E-state index in [0.717, 1.165) is 11.1 Å². The van der Waals surface area contributed by atoms with Crippen LogP contribution in [0.25, 0.3) is 0 Å². The van der Waals surface area contributed by atoms with Gasteiger partial charge in [-0.1, -0.05) is 65.7 Å². The lowest BCUT2D eigenvalue weighted by molar-refractivity contribution is -0.121. The molecule has 0 bridgehead atoms. The quantitative estimate of drug-likeness (QED) is 0.354. The lowest BCUT2D eigenvalue weighted by Crippen LogP contribution is -2.19. The zero-order chi connectivity index (χ0) is 22.2. The number of rotatable bonds is 7. The van der Waals surface area contributed by atoms with Gasteiger partial charge in [0, 0.05) is 17.1 Å². The van der Waals surface area contributed by atoms with Crippen LogP contribution in [0.2, 0.25) is 10.0 Å². The molecule has 2 N–H and O–H groups in total. The largest absolute Gasteiger partial charge is 0.322 e. The smallest absolute Gasteiger partial charge is 0.257 e. The Morgan fingerprint density at radius 3 is 2.32 bits per heavy atom. The molecule has 0 heterocycles. The predicted molar refractivity (Wildman–Crippen MR) is 126 cm³/mol. The van der Waals surface area contributed by atoms with E-state index in [1.807, 2.05) is 42.5 Å². The van der Waals surface area contributed by atoms with Crippen molar-refractivity contribution < 1.29 is 9.59 Å². The molecule has 0 atom stereocenters. The van der Waals surface area contributed by atoms with Crippen LogP contribution >= 0.6 is 23.2 Å². The van der Waals surface area contributed by atoms with Crippen LogP contribution in [0.15, 0.2) is 77.9 Å². The van der Waals surface area contributed by atoms with E-state index >= 15 is 0 Å². The minimum Gasteiger partial charge on any atom is -0.322 e. The zero-order valence-corrected chi connectivity index (χ0v) is 18.4. The lowest BCUT2D eigenvalue weighted by Gasteiger charge is -2.08. The monoisotopic (exact) mass is 453 g/mol. The molecule has 31 heavy (non-hydrogen) atoms. The summed E-state index contributed by atoms with van der Waals surface area (Å²) >= 11 is 11.9. The Hall–Kier alpha value is -3.15. The Bertz CT molecular complexity index is 1100. The highest BCUT2D eigenvalue weighted by Gasteiger charge is 2.11. The summed E-state index contributed by atoms with van der Waals surface area (Å²) in [5.41, 5.74) is 6.12. The van der Waals surface area contributed by atoms with Crippen LogP contribution < -0.4 is 10.7 Å². The van der Waals surface area contributed by atoms with E-state index in [2.05, 4.69) is 15.8 Å². The maximum atomic E-state index is 12.4. The predicted octanol–water partition coefficient (Wildman–Crippen LogP) is 5.72. The molecular weight excluding hydrogens is 433 g/mol. The maximum absolute atomic E-state index is 12.4. The first kappa shape index (κ1) is 22.5. The van der Waals surface area contributed by atoms with Gasteiger partial charge < -0.3 is 5.32 Å². The second kappa shape index (κ2) is 10.8. The Kier molecular flexibility index (Phi) is 7.82. The molecule has 5 nitrogen and oxygen atoms in total. The number of amides is 2. The highest BCUT2D eigenvalue weighted by Crippen LogP contribution is 2.22. The molecule has 0 saturated heterocycles. The Labute approximate surface area is 191 Å². The van der Waals surface area contributed by atoms with Gasteiger partial charge in [-0.15, -0.1) is 0 Å². The number of hydrogen-bond acceptors (Lipinski definition) is 3. The molecule has 0 unspecified atom stereocenters. The van der Waals surface area contributed by atoms with Crippen molar-refractivity contribution in [3.8, 4) is 0 Å². The van der Waals surface area contributed by atoms with E-state index in [9.17, 15) is 9.59 Å². The number of benzene rings is 3. The first-order chi connectivity index (χ1) is 14.9. The van der Waals surface area contributed by atoms with Gasteiger partial charge in [0.25, 0.3) is 5.91 Å². The minimum atomic E-state index is -0.328. The van der Waals surface area contributed by atoms with Crippen molar-refractivity contribution in [2.45, 2.75) is 19.8 Å². The first-order valence-corrected chi connectivity index (χ1v) is 10.4. The summed E-state index contributed by atoms with van der Waals surface area (Å²) < 4.78 is 0. The molecule has 0 radical (unpaired) electrons. The van der Waals surface area contributed by atoms with E-state index in [0.29, 0.717) is 34.8 Å². The lowest BCUT2D eigenvalue weighted by atomic mass is 10.1. The number of halogens is 2. The molecular formula is C24H21Cl2N3O2. The molecule has 158 valence electrons. The SMILES string of the molecule is CC(=NNC(=O)CCc1ccccc1)c1ccc(NC(=O)c2ccc(Cl)cc2Cl)cc1. The molecule has 0 aliphatic carbocycles. The summed E-state index contributed by atoms with van der Waals surface area (Å²) in [5, 5.41) is 7.71. The van der Waals surface area contributed by atoms with Gasteiger partial charge in [-0.05, 0) is 54.8 Å². The Balaban J connectivity index is 1.54. The maximum Gasteiger partial charge on any atom is 0.257 e. The van der Waals surface area contributed by atoms with Crippen LogP contribution in [0.5, 0.6) is 0 Å². The van der Waals surface area contributed by atoms with Crippen molar-refractivity contribution >= 4 is 46.4 Å². The van der Waals surface area contributed by atoms with Gasteiger partial charge >= 0.3 is 0 Å². The number of aryl methyl sites for hydroxylation is 1. The molecule has 0 fully saturated rings. The molecule has 0 aliphatic rings. The van der Waals surface area contributed by atoms with Gasteiger partial charge in [0.2, 0.25) is 5.91 Å². The summed E-state index contributed by atoms with van der Waals surface area (Å²) in [7, 11) is 0. The molecule has 0 aromatic heterocycles. The van der Waals surface area contributed by atoms with Crippen LogP contribution in [-0.4, -0.2) is 17.5 Å². The second-order valence-corrected chi connectivity index (χ2v) is 7.72. The van der Waals surface area contributed by atoms with Crippen molar-refractivity contribution in [3.63, 3.8) is 0 Å². The van der Waals surface area contributed by atoms with E-state index in [4.69, 9.17) is 23.2 Å². The normalized spacial score (nSPS) is 11.1. The summed E-state index contributed by atoms with van der Waals surface area (Å²) in [5.74, 6) is -0.475. The van der Waals surface area contributed by atoms with Crippen LogP contribution in [0, 0.1) is 0 Å². The topological polar surface area (TPSA) is 70.6 Å². The fourth-order valence-corrected chi connectivity index (χ4v) is 3.33. The van der Waals surface area contributed by atoms with Gasteiger partial charge in [0.1, 0.15) is 0 Å². The number of hydrogen-bond donors (Lipinski definition) is 2. The number of carbonyl (C=O) groups excluding carboxylic acids is 2. The van der Waals surface area contributed by atoms with Gasteiger partial charge in [-0.25, -0.2) is 5.43 Å². The third kappa shape index (κ3) is 6.67. The third-order valence-electron chi connectivity index (χ3n) is 4.57. The van der Waals surface area contributed by atoms with Crippen molar-refractivity contribution in [1.82, 2.24) is 5.43 Å². The van der Waals surface area contributed by atoms with Crippen molar-refractivity contribution in [2.24, 2.45) is 5.10 Å². The summed E-state index contributed by atoms with van der Waals surface area (Å²) in [6, 6.07) is 21.7. The summed E-state index contributed by atoms with van der Waals surface area (Å²) in [6.07, 6.45) is 1.02. The Morgan fingerprint density at radius 1 is 0.935 bits per heavy atom. The van der Waals surface area contributed by atoms with Crippen molar-refractivity contribution in [2.75, 3.05) is 5.32 Å². The molecule has 3 aromatic rings. The standard InChI is InChI=1S/C24H21Cl2N3O2/c1-16(28-29-23(30)14-7-17-5-3-2-4-6-17)18-8-11-20(12-9-18)27-24(31)21-13-10-19(25)15-22(21)26/h2-6,8-13,15H,7,14H2,1H3,(H,27,31)(H,29,30). The average Bonchev–Trinajstić information content (AvgIpc) is 2.77. The van der Waals surface area contributed by atoms with Crippen molar-refractivity contribution in [1.29, 1.82) is 0 Å². The van der Waals surface area contributed by atoms with Crippen LogP contribution in [-0.2, 0) is 11.2 Å². The third-order valence-corrected chi connectivity index (χ3v) is 5.12. The average molecular weight is 454 g/mol. The van der Waals surface area contributed by atoms with Crippen LogP contribution in [0.3, 0.4) is 0 Å². The molecule has 7 heteroatoms. The van der Waals surface area contributed by atoms with Gasteiger partial charge in [0.15, 0.2) is 0 Å². The summed E-state index contributed by atoms with van der Waals surface area (Å²) in [6.45, 7) is 1.80. The summed E-state index contributed by atoms with van der Waals surface area (Å²) in [4.78, 5) is 24.4. The fourth-order valence-electron chi connectivity index (χ4n) is 2.84. The Morgan fingerprint density at radius 2 is 1.65 bits per heavy atom. The van der Waals surface area contributed by atoms with E-state index < -0.39 is 0 Å². The molecule has 0 spiro atoms. The van der Waals surface area contributed by atoms with Gasteiger partial charge in [-0.2, -0.15) is 5.10 Å². The zero-order valence-electron chi connectivity index (χ0n) is 16.9. The van der Waals surface area contributed by atoms with Crippen LogP contribution in [0.4, 0.5) is 5.69 Å². The highest BCUT2D eigenvalue weighted by molar-refractivity contribution is 6.37. The van der Waals surface area contributed by atoms with E-state index in [1.165, 1.54) is 6.07 Å². The molecule has 2 amide bonds. The van der Waals surface area contributed by atoms with Crippen LogP contribution in [0.1, 0.15) is 34.8 Å². The molecule has 3 aromatic carbocycles. The number of hydrazone groups is 1. The van der Waals surface area contributed by atoms with E-state index in [-0.39, 0.29) is 16.8 Å². The first-order valence-electron chi connectivity index (χ1n) is 9.66. The van der Waals surface area contributed by atoms with Crippen molar-refractivity contribution in [3.05, 3.63) is 99.5 Å².